The number of nitrogens with two attached hydrogens (primary N) is 1. The Morgan fingerprint density at radius 2 is 1.35 bits per heavy atom. The number of carboxylic acid groups (broad SMARTS) is 1. The minimum atomic E-state index is -5.59. The average molecular weight is 1120 g/mol. The van der Waals surface area contributed by atoms with Crippen LogP contribution in [0.2, 0.25) is 0 Å². The summed E-state index contributed by atoms with van der Waals surface area (Å²) in [5.41, 5.74) is 2.07. The summed E-state index contributed by atoms with van der Waals surface area (Å²) in [6.07, 6.45) is 0. The largest absolute Gasteiger partial charge is 1.00 e. The zero-order valence-electron chi connectivity index (χ0n) is 35.7. The van der Waals surface area contributed by atoms with Gasteiger partial charge in [-0.25, -0.2) is 33.7 Å². The summed E-state index contributed by atoms with van der Waals surface area (Å²) in [5, 5.41) is 64.8. The van der Waals surface area contributed by atoms with Crippen LogP contribution in [0.1, 0.15) is 23.3 Å². The molecule has 0 heterocycles. The molecule has 0 fully saturated rings. The van der Waals surface area contributed by atoms with E-state index in [2.05, 4.69) is 43.4 Å². The number of carboxylic acids is 1. The topological polar surface area (TPSA) is 429 Å². The number of nitrogen functional groups attached to an aromatic ring is 1. The average Bonchev–Trinajstić information content (AvgIpc) is 3.17. The van der Waals surface area contributed by atoms with E-state index in [1.807, 2.05) is 0 Å². The number of nitrogens with zero attached hydrogens (tertiary/aromatic N) is 4. The second-order valence-electron chi connectivity index (χ2n) is 11.5. The maximum Gasteiger partial charge on any atom is 1.00 e. The summed E-state index contributed by atoms with van der Waals surface area (Å²) in [5.74, 6) is -4.81. The van der Waals surface area contributed by atoms with Gasteiger partial charge >= 0.3 is 148 Å². The third kappa shape index (κ3) is 19.9. The molecule has 0 atom stereocenters. The van der Waals surface area contributed by atoms with E-state index in [0.717, 1.165) is 25.3 Å². The molecule has 0 aliphatic heterocycles. The van der Waals surface area contributed by atoms with Crippen molar-refractivity contribution in [2.75, 3.05) is 37.6 Å². The van der Waals surface area contributed by atoms with Gasteiger partial charge in [0.25, 0.3) is 0 Å². The molecule has 4 rings (SSSR count). The van der Waals surface area contributed by atoms with Crippen molar-refractivity contribution in [3.63, 3.8) is 0 Å². The van der Waals surface area contributed by atoms with Gasteiger partial charge in [0.2, 0.25) is 10.4 Å². The zero-order chi connectivity index (χ0) is 46.2. The van der Waals surface area contributed by atoms with Gasteiger partial charge < -0.3 is 45.1 Å². The van der Waals surface area contributed by atoms with E-state index in [1.165, 1.54) is 13.0 Å². The number of aromatic hydroxyl groups is 1. The number of rotatable bonds is 22. The number of hydrogen-bond donors (Lipinski definition) is 2. The Balaban J connectivity index is -0.00000704. The van der Waals surface area contributed by atoms with Crippen molar-refractivity contribution in [2.24, 2.45) is 20.5 Å². The number of aromatic carboxylic acids is 1. The number of sulfone groups is 2. The van der Waals surface area contributed by atoms with Gasteiger partial charge in [0.1, 0.15) is 32.9 Å². The Kier molecular flexibility index (Phi) is 34.0. The predicted molar refractivity (Wildman–Crippen MR) is 205 cm³/mol. The number of hydrogen-bond acceptors (Lipinski definition) is 29. The minimum Gasteiger partial charge on any atom is -0.744 e. The number of carbonyl (C=O) groups excluding carboxylic acids is 1. The summed E-state index contributed by atoms with van der Waals surface area (Å²) in [6.45, 7) is -0.192. The molecule has 68 heavy (non-hydrogen) atoms. The van der Waals surface area contributed by atoms with Crippen LogP contribution in [0.5, 0.6) is 11.5 Å². The first-order chi connectivity index (χ1) is 28.9. The smallest absolute Gasteiger partial charge is 0.744 e. The van der Waals surface area contributed by atoms with Crippen molar-refractivity contribution in [1.29, 1.82) is 0 Å². The van der Waals surface area contributed by atoms with Crippen LogP contribution in [0, 0.1) is 6.92 Å². The van der Waals surface area contributed by atoms with Crippen LogP contribution in [-0.2, 0) is 67.3 Å². The Bertz CT molecular complexity index is 2900. The van der Waals surface area contributed by atoms with E-state index in [9.17, 15) is 68.3 Å². The maximum absolute atomic E-state index is 13.0. The van der Waals surface area contributed by atoms with Crippen molar-refractivity contribution < 1.29 is 248 Å². The molecule has 38 heteroatoms. The molecule has 0 saturated carbocycles. The zero-order valence-corrected chi connectivity index (χ0v) is 50.6. The van der Waals surface area contributed by atoms with E-state index in [-0.39, 0.29) is 212 Å². The second kappa shape index (κ2) is 31.9. The first kappa shape index (κ1) is 72.6. The van der Waals surface area contributed by atoms with Crippen molar-refractivity contribution in [3.8, 4) is 11.5 Å². The second-order valence-corrected chi connectivity index (χ2v) is 19.4. The summed E-state index contributed by atoms with van der Waals surface area (Å²) in [4.78, 5) is 9.35. The fourth-order valence-corrected chi connectivity index (χ4v) is 9.42. The first-order valence-electron chi connectivity index (χ1n) is 15.8. The Morgan fingerprint density at radius 3 is 1.91 bits per heavy atom. The molecule has 4 aromatic rings. The van der Waals surface area contributed by atoms with Gasteiger partial charge in [-0.3, -0.25) is 18.4 Å². The molecule has 0 amide bonds. The summed E-state index contributed by atoms with van der Waals surface area (Å²) >= 11 is 0.202. The Morgan fingerprint density at radius 1 is 0.765 bits per heavy atom. The van der Waals surface area contributed by atoms with Crippen LogP contribution in [0.25, 0.3) is 10.8 Å². The number of phenolic OH excluding ortho intramolecular Hbond substituents is 1. The molecule has 3 N–H and O–H groups in total. The number of benzene rings is 4. The fraction of sp³-hybridized carbons (Fsp3) is 0.233. The number of aryl methyl sites for hydroxylation is 1. The van der Waals surface area contributed by atoms with Crippen LogP contribution in [0.3, 0.4) is 0 Å². The monoisotopic (exact) mass is 1120 g/mol. The number of ether oxygens (including phenoxy) is 1. The normalized spacial score (nSPS) is 11.7. The van der Waals surface area contributed by atoms with E-state index in [0.29, 0.717) is 18.2 Å². The molecule has 0 radical (unpaired) electrons. The number of fused-ring (bicyclic) bond motifs is 1. The van der Waals surface area contributed by atoms with E-state index in [4.69, 9.17) is 14.7 Å². The molecule has 0 saturated heterocycles. The Labute approximate surface area is 507 Å². The minimum absolute atomic E-state index is 0. The molecular formula is C30H28N5Na5O22S6. The van der Waals surface area contributed by atoms with Crippen LogP contribution < -0.4 is 174 Å². The van der Waals surface area contributed by atoms with Gasteiger partial charge in [-0.1, -0.05) is 7.43 Å². The number of azo groups is 2. The molecule has 0 aliphatic carbocycles. The van der Waals surface area contributed by atoms with Crippen LogP contribution in [0.15, 0.2) is 82.5 Å². The summed E-state index contributed by atoms with van der Waals surface area (Å²) < 4.78 is 143. The van der Waals surface area contributed by atoms with Gasteiger partial charge in [-0.15, -0.1) is 24.8 Å². The number of carbonyl (C=O) groups is 1. The van der Waals surface area contributed by atoms with Gasteiger partial charge in [-0.2, -0.15) is 4.33 Å². The van der Waals surface area contributed by atoms with Gasteiger partial charge in [0.05, 0.1) is 86.2 Å². The van der Waals surface area contributed by atoms with E-state index < -0.39 is 120 Å². The number of anilines is 1. The standard InChI is InChI=1S/C29H29N5O22S6.CH4.5Na/c1-14-9-19(20(50-2)13-22(14)60(42,43)7-5-51-58-56-54-39)32-33-26-21(57-55-53-38)10-15-11-23(61(44,45)46)27(25(30)24(15)28(26)35)34-31-18-12-16(3-4-17(18)29(36)37)59(40,41)8-6-52-62(47,48)49;;;;;;/h3-4,9-13,35,38-39H,5-8,30H2,1-2H3,(H,36,37)(H,44,45,46)(H,47,48,49);1H4;;;;;/q;;5*+1/p-5. The third-order valence-corrected chi connectivity index (χ3v) is 13.5. The fourth-order valence-electron chi connectivity index (χ4n) is 5.10. The predicted octanol–water partition coefficient (Wildman–Crippen LogP) is -13.7. The number of phenols is 1. The molecular weight excluding hydrogens is 1090 g/mol. The summed E-state index contributed by atoms with van der Waals surface area (Å²) in [6, 6.07) is 5.94. The molecule has 346 valence electrons. The molecule has 0 bridgehead atoms. The SMILES string of the molecule is C.COc1cc(S(=O)(=O)CCOSOO[O-])c(C)cc1N=Nc1c(SOO[O-])cc2cc(S(=O)(=O)[O-])c(N=Nc3cc(S(=O)(=O)CCOS(=O)(=O)[O-])ccc3C(=O)[O-])c(N)c2c1O.[Na+].[Na+].[Na+].[Na+].[Na+]. The van der Waals surface area contributed by atoms with Gasteiger partial charge in [-0.05, 0) is 54.3 Å². The van der Waals surface area contributed by atoms with Gasteiger partial charge in [0, 0.05) is 11.6 Å². The Hall–Kier alpha value is 0.310. The van der Waals surface area contributed by atoms with Crippen molar-refractivity contribution in [1.82, 2.24) is 0 Å². The van der Waals surface area contributed by atoms with Crippen LogP contribution >= 0.6 is 24.4 Å². The molecule has 0 aliphatic rings. The van der Waals surface area contributed by atoms with Crippen molar-refractivity contribution in [2.45, 2.75) is 33.9 Å². The van der Waals surface area contributed by atoms with E-state index >= 15 is 0 Å². The van der Waals surface area contributed by atoms with Crippen molar-refractivity contribution in [3.05, 3.63) is 53.6 Å². The van der Waals surface area contributed by atoms with Gasteiger partial charge in [0.15, 0.2) is 37.7 Å². The number of methoxy groups -OCH3 is 1. The molecule has 4 aromatic carbocycles. The molecule has 27 nitrogen and oxygen atoms in total. The first-order valence-corrected chi connectivity index (χ1v) is 23.3. The quantitative estimate of drug-likeness (QED) is 0.00849. The van der Waals surface area contributed by atoms with Crippen LogP contribution in [0.4, 0.5) is 28.4 Å². The molecule has 0 aromatic heterocycles. The summed E-state index contributed by atoms with van der Waals surface area (Å²) in [7, 11) is -18.3. The van der Waals surface area contributed by atoms with Crippen molar-refractivity contribution >= 4 is 110 Å². The third-order valence-electron chi connectivity index (χ3n) is 7.73. The molecule has 0 spiro atoms. The van der Waals surface area contributed by atoms with E-state index in [1.54, 1.807) is 0 Å². The molecule has 0 unspecified atom stereocenters. The van der Waals surface area contributed by atoms with Crippen LogP contribution in [-0.4, -0.2) is 85.7 Å². The maximum atomic E-state index is 13.0.